The number of ketones is 1. The van der Waals surface area contributed by atoms with Gasteiger partial charge in [0.2, 0.25) is 0 Å². The number of pyridine rings is 1. The Morgan fingerprint density at radius 3 is 2.78 bits per heavy atom. The molecule has 18 heavy (non-hydrogen) atoms. The topological polar surface area (TPSA) is 60.4 Å². The van der Waals surface area contributed by atoms with Crippen LogP contribution in [-0.2, 0) is 0 Å². The van der Waals surface area contributed by atoms with E-state index >= 15 is 0 Å². The van der Waals surface area contributed by atoms with Gasteiger partial charge in [-0.05, 0) is 24.5 Å². The van der Waals surface area contributed by atoms with Crippen LogP contribution < -0.4 is 5.73 Å². The molecule has 96 valence electrons. The van der Waals surface area contributed by atoms with Crippen molar-refractivity contribution in [2.24, 2.45) is 5.73 Å². The Labute approximate surface area is 107 Å². The fourth-order valence-electron chi connectivity index (χ4n) is 2.04. The highest BCUT2D eigenvalue weighted by Crippen LogP contribution is 2.24. The molecule has 2 rings (SSSR count). The summed E-state index contributed by atoms with van der Waals surface area (Å²) in [5.74, 6) is 0.190. The summed E-state index contributed by atoms with van der Waals surface area (Å²) in [7, 11) is 0. The van der Waals surface area contributed by atoms with Gasteiger partial charge in [-0.1, -0.05) is 26.8 Å². The van der Waals surface area contributed by atoms with E-state index in [1.165, 1.54) is 0 Å². The molecule has 0 saturated carbocycles. The lowest BCUT2D eigenvalue weighted by atomic mass is 9.97. The molecule has 0 radical (unpaired) electrons. The Kier molecular flexibility index (Phi) is 3.48. The van der Waals surface area contributed by atoms with Gasteiger partial charge in [0.1, 0.15) is 0 Å². The standard InChI is InChI=1S/C14H19N3O/c1-4-10(15)14(18)12-11-7-5-6-8-17(11)16-13(12)9(2)3/h5-10H,4,15H2,1-3H3. The zero-order valence-corrected chi connectivity index (χ0v) is 11.1. The van der Waals surface area contributed by atoms with Crippen LogP contribution in [0.1, 0.15) is 49.2 Å². The van der Waals surface area contributed by atoms with Gasteiger partial charge in [-0.25, -0.2) is 4.52 Å². The fourth-order valence-corrected chi connectivity index (χ4v) is 2.04. The van der Waals surface area contributed by atoms with Crippen LogP contribution in [-0.4, -0.2) is 21.4 Å². The van der Waals surface area contributed by atoms with Crippen molar-refractivity contribution in [1.29, 1.82) is 0 Å². The highest BCUT2D eigenvalue weighted by Gasteiger charge is 2.24. The predicted octanol–water partition coefficient (Wildman–Crippen LogP) is 2.38. The maximum absolute atomic E-state index is 12.4. The number of fused-ring (bicyclic) bond motifs is 1. The molecular formula is C14H19N3O. The zero-order chi connectivity index (χ0) is 13.3. The van der Waals surface area contributed by atoms with Gasteiger partial charge >= 0.3 is 0 Å². The number of carbonyl (C=O) groups excluding carboxylic acids is 1. The molecule has 0 fully saturated rings. The number of Topliss-reactive ketones (excluding diaryl/α,β-unsaturated/α-hetero) is 1. The first-order valence-electron chi connectivity index (χ1n) is 6.33. The Morgan fingerprint density at radius 2 is 2.17 bits per heavy atom. The molecule has 0 aromatic carbocycles. The molecule has 0 aliphatic carbocycles. The van der Waals surface area contributed by atoms with Gasteiger partial charge in [0.25, 0.3) is 0 Å². The average Bonchev–Trinajstić information content (AvgIpc) is 2.76. The smallest absolute Gasteiger partial charge is 0.183 e. The summed E-state index contributed by atoms with van der Waals surface area (Å²) in [6.45, 7) is 6.00. The first-order chi connectivity index (χ1) is 8.56. The van der Waals surface area contributed by atoms with E-state index in [-0.39, 0.29) is 11.7 Å². The predicted molar refractivity (Wildman–Crippen MR) is 71.9 cm³/mol. The molecule has 0 bridgehead atoms. The third-order valence-electron chi connectivity index (χ3n) is 3.14. The summed E-state index contributed by atoms with van der Waals surface area (Å²) in [5.41, 5.74) is 8.23. The minimum Gasteiger partial charge on any atom is -0.321 e. The maximum Gasteiger partial charge on any atom is 0.183 e. The van der Waals surface area contributed by atoms with E-state index in [0.29, 0.717) is 12.0 Å². The number of nitrogens with zero attached hydrogens (tertiary/aromatic N) is 2. The van der Waals surface area contributed by atoms with Crippen molar-refractivity contribution in [2.75, 3.05) is 0 Å². The SMILES string of the molecule is CCC(N)C(=O)c1c(C(C)C)nn2ccccc12. The highest BCUT2D eigenvalue weighted by atomic mass is 16.1. The highest BCUT2D eigenvalue weighted by molar-refractivity contribution is 6.06. The minimum absolute atomic E-state index is 0.0117. The van der Waals surface area contributed by atoms with Crippen molar-refractivity contribution < 1.29 is 4.79 Å². The fraction of sp³-hybridized carbons (Fsp3) is 0.429. The molecule has 2 aromatic heterocycles. The number of hydrogen-bond donors (Lipinski definition) is 1. The van der Waals surface area contributed by atoms with Crippen LogP contribution in [0, 0.1) is 0 Å². The average molecular weight is 245 g/mol. The molecule has 1 unspecified atom stereocenters. The van der Waals surface area contributed by atoms with Crippen LogP contribution in [0.5, 0.6) is 0 Å². The van der Waals surface area contributed by atoms with Crippen LogP contribution in [0.15, 0.2) is 24.4 Å². The zero-order valence-electron chi connectivity index (χ0n) is 11.1. The van der Waals surface area contributed by atoms with E-state index in [1.54, 1.807) is 4.52 Å². The summed E-state index contributed by atoms with van der Waals surface area (Å²) in [6, 6.07) is 5.28. The van der Waals surface area contributed by atoms with Crippen molar-refractivity contribution in [3.8, 4) is 0 Å². The quantitative estimate of drug-likeness (QED) is 0.841. The Hall–Kier alpha value is -1.68. The maximum atomic E-state index is 12.4. The molecule has 0 aliphatic heterocycles. The van der Waals surface area contributed by atoms with Gasteiger partial charge in [-0.15, -0.1) is 0 Å². The molecule has 2 aromatic rings. The largest absolute Gasteiger partial charge is 0.321 e. The minimum atomic E-state index is -0.448. The lowest BCUT2D eigenvalue weighted by Crippen LogP contribution is -2.30. The number of carbonyl (C=O) groups is 1. The van der Waals surface area contributed by atoms with Crippen molar-refractivity contribution >= 4 is 11.3 Å². The summed E-state index contributed by atoms with van der Waals surface area (Å²) in [5, 5.41) is 4.49. The molecule has 4 heteroatoms. The Balaban J connectivity index is 2.65. The van der Waals surface area contributed by atoms with Crippen LogP contribution in [0.2, 0.25) is 0 Å². The van der Waals surface area contributed by atoms with E-state index in [9.17, 15) is 4.79 Å². The van der Waals surface area contributed by atoms with Gasteiger partial charge < -0.3 is 5.73 Å². The summed E-state index contributed by atoms with van der Waals surface area (Å²) < 4.78 is 1.75. The second-order valence-electron chi connectivity index (χ2n) is 4.82. The monoisotopic (exact) mass is 245 g/mol. The second kappa shape index (κ2) is 4.90. The third kappa shape index (κ3) is 2.04. The Morgan fingerprint density at radius 1 is 1.44 bits per heavy atom. The lowest BCUT2D eigenvalue weighted by Gasteiger charge is -2.09. The summed E-state index contributed by atoms with van der Waals surface area (Å²) in [4.78, 5) is 12.4. The van der Waals surface area contributed by atoms with Crippen molar-refractivity contribution in [2.45, 2.75) is 39.2 Å². The van der Waals surface area contributed by atoms with Crippen LogP contribution in [0.4, 0.5) is 0 Å². The van der Waals surface area contributed by atoms with Crippen LogP contribution >= 0.6 is 0 Å². The van der Waals surface area contributed by atoms with Gasteiger partial charge in [0.05, 0.1) is 22.8 Å². The molecule has 2 heterocycles. The number of nitrogens with two attached hydrogens (primary N) is 1. The molecule has 4 nitrogen and oxygen atoms in total. The van der Waals surface area contributed by atoms with Crippen LogP contribution in [0.25, 0.3) is 5.52 Å². The molecule has 0 spiro atoms. The van der Waals surface area contributed by atoms with Gasteiger partial charge in [-0.3, -0.25) is 4.79 Å². The number of aromatic nitrogens is 2. The molecule has 1 atom stereocenters. The Bertz CT molecular complexity index is 571. The van der Waals surface area contributed by atoms with E-state index in [4.69, 9.17) is 5.73 Å². The van der Waals surface area contributed by atoms with Crippen LogP contribution in [0.3, 0.4) is 0 Å². The summed E-state index contributed by atoms with van der Waals surface area (Å²) >= 11 is 0. The number of rotatable bonds is 4. The van der Waals surface area contributed by atoms with E-state index in [2.05, 4.69) is 5.10 Å². The lowest BCUT2D eigenvalue weighted by molar-refractivity contribution is 0.0959. The summed E-state index contributed by atoms with van der Waals surface area (Å²) in [6.07, 6.45) is 2.50. The molecule has 0 saturated heterocycles. The van der Waals surface area contributed by atoms with E-state index < -0.39 is 6.04 Å². The third-order valence-corrected chi connectivity index (χ3v) is 3.14. The molecule has 0 aliphatic rings. The first kappa shape index (κ1) is 12.8. The van der Waals surface area contributed by atoms with Crippen molar-refractivity contribution in [1.82, 2.24) is 9.61 Å². The van der Waals surface area contributed by atoms with Gasteiger partial charge in [0, 0.05) is 6.20 Å². The van der Waals surface area contributed by atoms with Gasteiger partial charge in [-0.2, -0.15) is 5.10 Å². The molecular weight excluding hydrogens is 226 g/mol. The van der Waals surface area contributed by atoms with Crippen molar-refractivity contribution in [3.05, 3.63) is 35.7 Å². The van der Waals surface area contributed by atoms with E-state index in [1.807, 2.05) is 45.2 Å². The van der Waals surface area contributed by atoms with E-state index in [0.717, 1.165) is 11.2 Å². The first-order valence-corrected chi connectivity index (χ1v) is 6.33. The normalized spacial score (nSPS) is 13.2. The number of hydrogen-bond acceptors (Lipinski definition) is 3. The van der Waals surface area contributed by atoms with Gasteiger partial charge in [0.15, 0.2) is 5.78 Å². The molecule has 2 N–H and O–H groups in total. The molecule has 0 amide bonds. The second-order valence-corrected chi connectivity index (χ2v) is 4.82. The van der Waals surface area contributed by atoms with Crippen molar-refractivity contribution in [3.63, 3.8) is 0 Å².